The number of aliphatic hydroxyl groups is 1. The number of hydrogen-bond donors (Lipinski definition) is 1. The van der Waals surface area contributed by atoms with Crippen LogP contribution in [0, 0.1) is 6.92 Å². The number of aryl methyl sites for hydroxylation is 1. The third kappa shape index (κ3) is 2.87. The van der Waals surface area contributed by atoms with Gasteiger partial charge in [0.15, 0.2) is 0 Å². The summed E-state index contributed by atoms with van der Waals surface area (Å²) in [5.41, 5.74) is 2.92. The minimum atomic E-state index is -0.274. The van der Waals surface area contributed by atoms with E-state index in [0.29, 0.717) is 6.54 Å². The number of anilines is 1. The number of para-hydroxylation sites is 1. The van der Waals surface area contributed by atoms with Crippen molar-refractivity contribution < 1.29 is 9.84 Å². The number of fused-ring (bicyclic) bond motifs is 1. The summed E-state index contributed by atoms with van der Waals surface area (Å²) in [6.07, 6.45) is -0.152. The molecular weight excluding hydrogens is 264 g/mol. The molecule has 0 saturated carbocycles. The summed E-state index contributed by atoms with van der Waals surface area (Å²) in [4.78, 5) is 6.91. The SMILES string of the molecule is Cc1cc(N2CC(CO)OC(C)(C)C2)c2ccccc2n1. The summed E-state index contributed by atoms with van der Waals surface area (Å²) < 4.78 is 5.91. The molecule has 1 aromatic carbocycles. The number of aliphatic hydroxyl groups excluding tert-OH is 1. The van der Waals surface area contributed by atoms with Crippen molar-refractivity contribution in [2.24, 2.45) is 0 Å². The molecule has 1 unspecified atom stereocenters. The van der Waals surface area contributed by atoms with Crippen LogP contribution in [0.15, 0.2) is 30.3 Å². The highest BCUT2D eigenvalue weighted by Crippen LogP contribution is 2.31. The quantitative estimate of drug-likeness (QED) is 0.921. The van der Waals surface area contributed by atoms with E-state index in [0.717, 1.165) is 23.1 Å². The van der Waals surface area contributed by atoms with E-state index in [4.69, 9.17) is 4.74 Å². The number of ether oxygens (including phenoxy) is 1. The third-order valence-corrected chi connectivity index (χ3v) is 3.85. The van der Waals surface area contributed by atoms with Gasteiger partial charge in [0, 0.05) is 29.9 Å². The molecule has 4 heteroatoms. The summed E-state index contributed by atoms with van der Waals surface area (Å²) in [7, 11) is 0. The normalized spacial score (nSPS) is 21.7. The molecule has 4 nitrogen and oxygen atoms in total. The Morgan fingerprint density at radius 2 is 2.14 bits per heavy atom. The van der Waals surface area contributed by atoms with Crippen LogP contribution < -0.4 is 4.90 Å². The summed E-state index contributed by atoms with van der Waals surface area (Å²) in [6.45, 7) is 7.70. The Kier molecular flexibility index (Phi) is 3.59. The molecule has 0 aliphatic carbocycles. The Morgan fingerprint density at radius 1 is 1.38 bits per heavy atom. The molecule has 0 amide bonds. The van der Waals surface area contributed by atoms with Crippen molar-refractivity contribution >= 4 is 16.6 Å². The fraction of sp³-hybridized carbons (Fsp3) is 0.471. The number of rotatable bonds is 2. The van der Waals surface area contributed by atoms with Crippen molar-refractivity contribution in [2.45, 2.75) is 32.5 Å². The lowest BCUT2D eigenvalue weighted by Crippen LogP contribution is -2.54. The standard InChI is InChI=1S/C17H22N2O2/c1-12-8-16(14-6-4-5-7-15(14)18-12)19-9-13(10-20)21-17(2,3)11-19/h4-8,13,20H,9-11H2,1-3H3. The molecule has 1 saturated heterocycles. The van der Waals surface area contributed by atoms with Crippen molar-refractivity contribution in [2.75, 3.05) is 24.6 Å². The van der Waals surface area contributed by atoms with Crippen LogP contribution in [0.2, 0.25) is 0 Å². The molecule has 1 aliphatic heterocycles. The van der Waals surface area contributed by atoms with Crippen molar-refractivity contribution in [1.29, 1.82) is 0 Å². The van der Waals surface area contributed by atoms with Crippen LogP contribution in [0.5, 0.6) is 0 Å². The second kappa shape index (κ2) is 5.28. The largest absolute Gasteiger partial charge is 0.394 e. The fourth-order valence-corrected chi connectivity index (χ4v) is 3.12. The highest BCUT2D eigenvalue weighted by Gasteiger charge is 2.33. The Hall–Kier alpha value is -1.65. The van der Waals surface area contributed by atoms with Gasteiger partial charge in [-0.05, 0) is 32.9 Å². The van der Waals surface area contributed by atoms with Gasteiger partial charge in [0.2, 0.25) is 0 Å². The molecular formula is C17H22N2O2. The van der Waals surface area contributed by atoms with Gasteiger partial charge < -0.3 is 14.7 Å². The molecule has 2 heterocycles. The number of benzene rings is 1. The lowest BCUT2D eigenvalue weighted by Gasteiger charge is -2.43. The van der Waals surface area contributed by atoms with Crippen molar-refractivity contribution in [3.63, 3.8) is 0 Å². The maximum atomic E-state index is 9.49. The molecule has 1 N–H and O–H groups in total. The first-order chi connectivity index (χ1) is 9.98. The number of hydrogen-bond acceptors (Lipinski definition) is 4. The highest BCUT2D eigenvalue weighted by molar-refractivity contribution is 5.92. The minimum Gasteiger partial charge on any atom is -0.394 e. The van der Waals surface area contributed by atoms with Gasteiger partial charge in [-0.15, -0.1) is 0 Å². The first kappa shape index (κ1) is 14.3. The van der Waals surface area contributed by atoms with Gasteiger partial charge in [-0.2, -0.15) is 0 Å². The van der Waals surface area contributed by atoms with E-state index in [1.165, 1.54) is 5.69 Å². The zero-order chi connectivity index (χ0) is 15.0. The molecule has 1 aliphatic rings. The predicted molar refractivity (Wildman–Crippen MR) is 84.7 cm³/mol. The van der Waals surface area contributed by atoms with E-state index in [9.17, 15) is 5.11 Å². The summed E-state index contributed by atoms with van der Waals surface area (Å²) >= 11 is 0. The maximum absolute atomic E-state index is 9.49. The molecule has 0 spiro atoms. The number of pyridine rings is 1. The number of morpholine rings is 1. The highest BCUT2D eigenvalue weighted by atomic mass is 16.5. The average Bonchev–Trinajstić information content (AvgIpc) is 2.44. The number of nitrogens with zero attached hydrogens (tertiary/aromatic N) is 2. The Morgan fingerprint density at radius 3 is 2.90 bits per heavy atom. The lowest BCUT2D eigenvalue weighted by atomic mass is 10.0. The molecule has 0 bridgehead atoms. The molecule has 2 aromatic rings. The van der Waals surface area contributed by atoms with Crippen molar-refractivity contribution in [3.8, 4) is 0 Å². The van der Waals surface area contributed by atoms with Crippen molar-refractivity contribution in [1.82, 2.24) is 4.98 Å². The third-order valence-electron chi connectivity index (χ3n) is 3.85. The van der Waals surface area contributed by atoms with Gasteiger partial charge in [-0.1, -0.05) is 18.2 Å². The maximum Gasteiger partial charge on any atom is 0.0988 e. The zero-order valence-electron chi connectivity index (χ0n) is 12.8. The van der Waals surface area contributed by atoms with Crippen LogP contribution in [0.1, 0.15) is 19.5 Å². The van der Waals surface area contributed by atoms with Crippen LogP contribution in [-0.4, -0.2) is 41.5 Å². The van der Waals surface area contributed by atoms with E-state index in [1.54, 1.807) is 0 Å². The van der Waals surface area contributed by atoms with Crippen LogP contribution in [0.25, 0.3) is 10.9 Å². The first-order valence-electron chi connectivity index (χ1n) is 7.38. The smallest absolute Gasteiger partial charge is 0.0988 e. The average molecular weight is 286 g/mol. The Balaban J connectivity index is 2.07. The molecule has 3 rings (SSSR count). The molecule has 1 aromatic heterocycles. The monoisotopic (exact) mass is 286 g/mol. The number of aromatic nitrogens is 1. The van der Waals surface area contributed by atoms with Gasteiger partial charge >= 0.3 is 0 Å². The van der Waals surface area contributed by atoms with Crippen LogP contribution in [-0.2, 0) is 4.74 Å². The molecule has 1 atom stereocenters. The van der Waals surface area contributed by atoms with E-state index in [-0.39, 0.29) is 18.3 Å². The second-order valence-corrected chi connectivity index (χ2v) is 6.36. The molecule has 112 valence electrons. The first-order valence-corrected chi connectivity index (χ1v) is 7.38. The topological polar surface area (TPSA) is 45.6 Å². The predicted octanol–water partition coefficient (Wildman–Crippen LogP) is 2.52. The van der Waals surface area contributed by atoms with Crippen LogP contribution in [0.4, 0.5) is 5.69 Å². The fourth-order valence-electron chi connectivity index (χ4n) is 3.12. The minimum absolute atomic E-state index is 0.0436. The summed E-state index contributed by atoms with van der Waals surface area (Å²) in [5.74, 6) is 0. The second-order valence-electron chi connectivity index (χ2n) is 6.36. The summed E-state index contributed by atoms with van der Waals surface area (Å²) in [5, 5.41) is 10.6. The van der Waals surface area contributed by atoms with Gasteiger partial charge in [0.1, 0.15) is 0 Å². The van der Waals surface area contributed by atoms with Crippen LogP contribution in [0.3, 0.4) is 0 Å². The van der Waals surface area contributed by atoms with Gasteiger partial charge in [-0.3, -0.25) is 4.98 Å². The van der Waals surface area contributed by atoms with E-state index < -0.39 is 0 Å². The van der Waals surface area contributed by atoms with Crippen LogP contribution >= 0.6 is 0 Å². The van der Waals surface area contributed by atoms with Gasteiger partial charge in [-0.25, -0.2) is 0 Å². The van der Waals surface area contributed by atoms with Gasteiger partial charge in [0.25, 0.3) is 0 Å². The van der Waals surface area contributed by atoms with E-state index >= 15 is 0 Å². The Labute approximate surface area is 125 Å². The Bertz CT molecular complexity index is 654. The molecule has 21 heavy (non-hydrogen) atoms. The summed E-state index contributed by atoms with van der Waals surface area (Å²) in [6, 6.07) is 10.3. The zero-order valence-corrected chi connectivity index (χ0v) is 12.8. The molecule has 0 radical (unpaired) electrons. The van der Waals surface area contributed by atoms with E-state index in [1.807, 2.05) is 25.1 Å². The lowest BCUT2D eigenvalue weighted by molar-refractivity contribution is -0.100. The van der Waals surface area contributed by atoms with E-state index in [2.05, 4.69) is 35.9 Å². The molecule has 1 fully saturated rings. The van der Waals surface area contributed by atoms with Crippen molar-refractivity contribution in [3.05, 3.63) is 36.0 Å². The van der Waals surface area contributed by atoms with Gasteiger partial charge in [0.05, 0.1) is 23.8 Å².